The number of amides is 1. The summed E-state index contributed by atoms with van der Waals surface area (Å²) in [4.78, 5) is 12.3. The van der Waals surface area contributed by atoms with Crippen LogP contribution in [0.15, 0.2) is 54.6 Å². The van der Waals surface area contributed by atoms with Crippen molar-refractivity contribution in [2.75, 3.05) is 19.5 Å². The van der Waals surface area contributed by atoms with Crippen molar-refractivity contribution in [2.24, 2.45) is 0 Å². The van der Waals surface area contributed by atoms with Crippen LogP contribution < -0.4 is 14.8 Å². The Kier molecular flexibility index (Phi) is 3.80. The summed E-state index contributed by atoms with van der Waals surface area (Å²) >= 11 is 0. The lowest BCUT2D eigenvalue weighted by molar-refractivity contribution is -0.116. The van der Waals surface area contributed by atoms with Crippen LogP contribution in [-0.2, 0) is 4.79 Å². The second kappa shape index (κ2) is 6.13. The van der Waals surface area contributed by atoms with Crippen LogP contribution in [0.25, 0.3) is 10.8 Å². The van der Waals surface area contributed by atoms with Crippen molar-refractivity contribution in [1.82, 2.24) is 0 Å². The number of para-hydroxylation sites is 1. The van der Waals surface area contributed by atoms with Crippen molar-refractivity contribution < 1.29 is 14.3 Å². The smallest absolute Gasteiger partial charge is 0.225 e. The molecule has 0 bridgehead atoms. The lowest BCUT2D eigenvalue weighted by atomic mass is 9.81. The number of hydrogen-bond donors (Lipinski definition) is 1. The highest BCUT2D eigenvalue weighted by Crippen LogP contribution is 2.46. The Morgan fingerprint density at radius 2 is 1.80 bits per heavy atom. The van der Waals surface area contributed by atoms with Crippen LogP contribution in [0.5, 0.6) is 11.5 Å². The number of methoxy groups -OCH3 is 2. The van der Waals surface area contributed by atoms with Crippen molar-refractivity contribution in [1.29, 1.82) is 0 Å². The zero-order chi connectivity index (χ0) is 17.4. The molecule has 1 aliphatic rings. The first-order valence-electron chi connectivity index (χ1n) is 8.25. The lowest BCUT2D eigenvalue weighted by Crippen LogP contribution is -2.24. The monoisotopic (exact) mass is 333 g/mol. The first kappa shape index (κ1) is 15.5. The van der Waals surface area contributed by atoms with E-state index in [9.17, 15) is 4.79 Å². The summed E-state index contributed by atoms with van der Waals surface area (Å²) in [5, 5.41) is 5.31. The van der Waals surface area contributed by atoms with E-state index in [1.807, 2.05) is 42.5 Å². The lowest BCUT2D eigenvalue weighted by Gasteiger charge is -2.29. The van der Waals surface area contributed by atoms with Gasteiger partial charge in [-0.05, 0) is 28.5 Å². The van der Waals surface area contributed by atoms with E-state index in [1.54, 1.807) is 14.2 Å². The highest BCUT2D eigenvalue weighted by Gasteiger charge is 2.31. The van der Waals surface area contributed by atoms with E-state index in [1.165, 1.54) is 0 Å². The predicted octanol–water partition coefficient (Wildman–Crippen LogP) is 4.33. The Bertz CT molecular complexity index is 965. The van der Waals surface area contributed by atoms with Gasteiger partial charge in [-0.2, -0.15) is 0 Å². The van der Waals surface area contributed by atoms with Crippen molar-refractivity contribution in [2.45, 2.75) is 12.3 Å². The molecule has 1 atom stereocenters. The molecule has 4 rings (SSSR count). The van der Waals surface area contributed by atoms with Crippen molar-refractivity contribution in [3.8, 4) is 11.5 Å². The average Bonchev–Trinajstić information content (AvgIpc) is 2.66. The van der Waals surface area contributed by atoms with Crippen LogP contribution in [-0.4, -0.2) is 20.1 Å². The Hall–Kier alpha value is -3.01. The molecule has 4 nitrogen and oxygen atoms in total. The fourth-order valence-electron chi connectivity index (χ4n) is 3.72. The molecule has 1 amide bonds. The van der Waals surface area contributed by atoms with Crippen molar-refractivity contribution in [3.63, 3.8) is 0 Å². The van der Waals surface area contributed by atoms with Gasteiger partial charge >= 0.3 is 0 Å². The number of hydrogen-bond acceptors (Lipinski definition) is 3. The molecule has 0 saturated heterocycles. The Morgan fingerprint density at radius 3 is 2.60 bits per heavy atom. The molecule has 1 aliphatic heterocycles. The third kappa shape index (κ3) is 2.50. The third-order valence-electron chi connectivity index (χ3n) is 4.79. The van der Waals surface area contributed by atoms with Gasteiger partial charge in [0.2, 0.25) is 5.91 Å². The zero-order valence-corrected chi connectivity index (χ0v) is 14.2. The van der Waals surface area contributed by atoms with Crippen LogP contribution >= 0.6 is 0 Å². The van der Waals surface area contributed by atoms with Crippen molar-refractivity contribution in [3.05, 3.63) is 65.7 Å². The van der Waals surface area contributed by atoms with Crippen LogP contribution in [0, 0.1) is 0 Å². The van der Waals surface area contributed by atoms with Gasteiger partial charge in [0.05, 0.1) is 14.2 Å². The molecule has 3 aromatic rings. The van der Waals surface area contributed by atoms with Crippen LogP contribution in [0.1, 0.15) is 23.5 Å². The molecule has 1 heterocycles. The summed E-state index contributed by atoms with van der Waals surface area (Å²) in [6.07, 6.45) is 0.379. The minimum Gasteiger partial charge on any atom is -0.493 e. The van der Waals surface area contributed by atoms with E-state index >= 15 is 0 Å². The minimum absolute atomic E-state index is 0.0117. The molecule has 0 fully saturated rings. The Morgan fingerprint density at radius 1 is 0.960 bits per heavy atom. The SMILES string of the molecule is COc1cccc([C@@H]2CC(=O)Nc3ccc4ccccc4c32)c1OC. The van der Waals surface area contributed by atoms with Gasteiger partial charge in [0.15, 0.2) is 11.5 Å². The standard InChI is InChI=1S/C21H19NO3/c1-24-18-9-5-8-15(21(18)25-2)16-12-19(23)22-17-11-10-13-6-3-4-7-14(13)20(16)17/h3-11,16H,12H2,1-2H3,(H,22,23)/t16-/m0/s1. The summed E-state index contributed by atoms with van der Waals surface area (Å²) in [6, 6.07) is 18.1. The Labute approximate surface area is 146 Å². The summed E-state index contributed by atoms with van der Waals surface area (Å²) in [6.45, 7) is 0. The van der Waals surface area contributed by atoms with Gasteiger partial charge in [-0.25, -0.2) is 0 Å². The largest absolute Gasteiger partial charge is 0.493 e. The first-order chi connectivity index (χ1) is 12.2. The fraction of sp³-hybridized carbons (Fsp3) is 0.190. The molecule has 0 aliphatic carbocycles. The maximum absolute atomic E-state index is 12.3. The number of anilines is 1. The van der Waals surface area contributed by atoms with Crippen LogP contribution in [0.2, 0.25) is 0 Å². The van der Waals surface area contributed by atoms with Gasteiger partial charge in [-0.3, -0.25) is 4.79 Å². The number of fused-ring (bicyclic) bond motifs is 3. The van der Waals surface area contributed by atoms with Gasteiger partial charge in [-0.1, -0.05) is 42.5 Å². The summed E-state index contributed by atoms with van der Waals surface area (Å²) in [5.74, 6) is 1.29. The molecule has 1 N–H and O–H groups in total. The molecule has 25 heavy (non-hydrogen) atoms. The molecular formula is C21H19NO3. The van der Waals surface area contributed by atoms with E-state index in [0.29, 0.717) is 17.9 Å². The van der Waals surface area contributed by atoms with Gasteiger partial charge in [-0.15, -0.1) is 0 Å². The molecule has 0 aromatic heterocycles. The zero-order valence-electron chi connectivity index (χ0n) is 14.2. The second-order valence-corrected chi connectivity index (χ2v) is 6.14. The summed E-state index contributed by atoms with van der Waals surface area (Å²) in [5.41, 5.74) is 2.96. The molecule has 0 radical (unpaired) electrons. The van der Waals surface area contributed by atoms with Crippen LogP contribution in [0.3, 0.4) is 0 Å². The number of carbonyl (C=O) groups is 1. The average molecular weight is 333 g/mol. The van der Waals surface area contributed by atoms with E-state index in [0.717, 1.165) is 27.6 Å². The van der Waals surface area contributed by atoms with Gasteiger partial charge in [0.25, 0.3) is 0 Å². The highest BCUT2D eigenvalue weighted by atomic mass is 16.5. The number of rotatable bonds is 3. The fourth-order valence-corrected chi connectivity index (χ4v) is 3.72. The number of nitrogens with one attached hydrogen (secondary N) is 1. The van der Waals surface area contributed by atoms with Gasteiger partial charge < -0.3 is 14.8 Å². The minimum atomic E-state index is -0.0834. The molecule has 4 heteroatoms. The topological polar surface area (TPSA) is 47.6 Å². The Balaban J connectivity index is 1.99. The first-order valence-corrected chi connectivity index (χ1v) is 8.25. The van der Waals surface area contributed by atoms with E-state index in [4.69, 9.17) is 9.47 Å². The van der Waals surface area contributed by atoms with E-state index in [2.05, 4.69) is 17.4 Å². The summed E-state index contributed by atoms with van der Waals surface area (Å²) < 4.78 is 11.1. The number of ether oxygens (including phenoxy) is 2. The molecule has 0 unspecified atom stereocenters. The quantitative estimate of drug-likeness (QED) is 0.776. The predicted molar refractivity (Wildman–Crippen MR) is 98.6 cm³/mol. The third-order valence-corrected chi connectivity index (χ3v) is 4.79. The number of carbonyl (C=O) groups excluding carboxylic acids is 1. The van der Waals surface area contributed by atoms with E-state index < -0.39 is 0 Å². The molecule has 0 saturated carbocycles. The maximum Gasteiger partial charge on any atom is 0.225 e. The van der Waals surface area contributed by atoms with Crippen molar-refractivity contribution >= 4 is 22.4 Å². The molecule has 0 spiro atoms. The number of benzene rings is 3. The molecule has 3 aromatic carbocycles. The van der Waals surface area contributed by atoms with Gasteiger partial charge in [0.1, 0.15) is 0 Å². The molecule has 126 valence electrons. The van der Waals surface area contributed by atoms with Crippen LogP contribution in [0.4, 0.5) is 5.69 Å². The second-order valence-electron chi connectivity index (χ2n) is 6.14. The maximum atomic E-state index is 12.3. The normalized spacial score (nSPS) is 16.2. The van der Waals surface area contributed by atoms with Gasteiger partial charge in [0, 0.05) is 23.6 Å². The molecular weight excluding hydrogens is 314 g/mol. The van der Waals surface area contributed by atoms with E-state index in [-0.39, 0.29) is 11.8 Å². The summed E-state index contributed by atoms with van der Waals surface area (Å²) in [7, 11) is 3.26. The highest BCUT2D eigenvalue weighted by molar-refractivity contribution is 6.01.